The molecule has 0 radical (unpaired) electrons. The van der Waals surface area contributed by atoms with E-state index < -0.39 is 0 Å². The van der Waals surface area contributed by atoms with Gasteiger partial charge in [-0.15, -0.1) is 0 Å². The Bertz CT molecular complexity index is 193. The number of hydrogen-bond acceptors (Lipinski definition) is 4. The normalized spacial score (nSPS) is 23.1. The summed E-state index contributed by atoms with van der Waals surface area (Å²) in [6.45, 7) is 2.79. The van der Waals surface area contributed by atoms with Gasteiger partial charge in [-0.3, -0.25) is 9.59 Å². The molecule has 0 aromatic rings. The zero-order valence-electron chi connectivity index (χ0n) is 6.92. The molecule has 1 aliphatic rings. The first-order chi connectivity index (χ1) is 5.70. The lowest BCUT2D eigenvalue weighted by Gasteiger charge is -2.22. The van der Waals surface area contributed by atoms with Crippen LogP contribution in [0.5, 0.6) is 0 Å². The summed E-state index contributed by atoms with van der Waals surface area (Å²) in [7, 11) is 0. The molecule has 1 rings (SSSR count). The second-order valence-corrected chi connectivity index (χ2v) is 2.60. The molecule has 1 atom stereocenters. The van der Waals surface area contributed by atoms with Crippen molar-refractivity contribution in [3.63, 3.8) is 0 Å². The molecule has 1 amide bonds. The van der Waals surface area contributed by atoms with E-state index in [1.807, 2.05) is 0 Å². The molecule has 0 aromatic carbocycles. The van der Waals surface area contributed by atoms with Crippen molar-refractivity contribution in [2.45, 2.75) is 13.0 Å². The van der Waals surface area contributed by atoms with Crippen LogP contribution in [0.2, 0.25) is 0 Å². The highest BCUT2D eigenvalue weighted by Gasteiger charge is 2.21. The fourth-order valence-electron chi connectivity index (χ4n) is 0.983. The van der Waals surface area contributed by atoms with Crippen molar-refractivity contribution in [1.29, 1.82) is 0 Å². The molecule has 5 nitrogen and oxygen atoms in total. The van der Waals surface area contributed by atoms with Crippen LogP contribution in [0.4, 0.5) is 0 Å². The van der Waals surface area contributed by atoms with E-state index in [1.165, 1.54) is 6.92 Å². The Morgan fingerprint density at radius 2 is 2.42 bits per heavy atom. The Kier molecular flexibility index (Phi) is 3.04. The first-order valence-corrected chi connectivity index (χ1v) is 3.84. The largest absolute Gasteiger partial charge is 0.464 e. The Balaban J connectivity index is 2.29. The summed E-state index contributed by atoms with van der Waals surface area (Å²) in [6, 6.07) is -0.386. The maximum atomic E-state index is 11.0. The number of ether oxygens (including phenoxy) is 1. The molecule has 1 heterocycles. The van der Waals surface area contributed by atoms with Gasteiger partial charge in [-0.25, -0.2) is 0 Å². The standard InChI is InChI=1S/C7H12N2O3/c1-5(10)12-4-6-7(11)9-3-2-8-6/h6,8H,2-4H2,1H3,(H,9,11)/t6-/m0/s1. The van der Waals surface area contributed by atoms with Crippen molar-refractivity contribution in [2.75, 3.05) is 19.7 Å². The SMILES string of the molecule is CC(=O)OC[C@@H]1NCCNC1=O. The minimum Gasteiger partial charge on any atom is -0.464 e. The Morgan fingerprint density at radius 1 is 1.67 bits per heavy atom. The van der Waals surface area contributed by atoms with Crippen LogP contribution in [0.1, 0.15) is 6.92 Å². The average molecular weight is 172 g/mol. The van der Waals surface area contributed by atoms with Crippen molar-refractivity contribution >= 4 is 11.9 Å². The molecule has 1 saturated heterocycles. The second kappa shape index (κ2) is 4.06. The van der Waals surface area contributed by atoms with Gasteiger partial charge in [0.2, 0.25) is 5.91 Å². The zero-order valence-corrected chi connectivity index (χ0v) is 6.92. The van der Waals surface area contributed by atoms with E-state index in [0.29, 0.717) is 6.54 Å². The summed E-state index contributed by atoms with van der Waals surface area (Å²) in [5.41, 5.74) is 0. The molecule has 1 aliphatic heterocycles. The number of piperazine rings is 1. The third-order valence-corrected chi connectivity index (χ3v) is 1.58. The molecular weight excluding hydrogens is 160 g/mol. The van der Waals surface area contributed by atoms with Gasteiger partial charge in [-0.05, 0) is 0 Å². The maximum Gasteiger partial charge on any atom is 0.302 e. The maximum absolute atomic E-state index is 11.0. The number of esters is 1. The lowest BCUT2D eigenvalue weighted by molar-refractivity contribution is -0.143. The number of hydrogen-bond donors (Lipinski definition) is 2. The highest BCUT2D eigenvalue weighted by Crippen LogP contribution is 1.90. The fourth-order valence-corrected chi connectivity index (χ4v) is 0.983. The highest BCUT2D eigenvalue weighted by atomic mass is 16.5. The molecule has 0 bridgehead atoms. The van der Waals surface area contributed by atoms with Gasteiger partial charge in [0.1, 0.15) is 12.6 Å². The molecule has 2 N–H and O–H groups in total. The van der Waals surface area contributed by atoms with Crippen molar-refractivity contribution in [2.24, 2.45) is 0 Å². The molecule has 0 aliphatic carbocycles. The van der Waals surface area contributed by atoms with Crippen LogP contribution in [-0.4, -0.2) is 37.6 Å². The average Bonchev–Trinajstić information content (AvgIpc) is 2.03. The third-order valence-electron chi connectivity index (χ3n) is 1.58. The van der Waals surface area contributed by atoms with Gasteiger partial charge in [0, 0.05) is 20.0 Å². The Hall–Kier alpha value is -1.10. The van der Waals surface area contributed by atoms with Crippen LogP contribution < -0.4 is 10.6 Å². The number of carbonyl (C=O) groups excluding carboxylic acids is 2. The van der Waals surface area contributed by atoms with E-state index in [1.54, 1.807) is 0 Å². The van der Waals surface area contributed by atoms with Crippen LogP contribution in [-0.2, 0) is 14.3 Å². The molecule has 0 saturated carbocycles. The molecule has 0 spiro atoms. The van der Waals surface area contributed by atoms with Crippen LogP contribution >= 0.6 is 0 Å². The van der Waals surface area contributed by atoms with Crippen molar-refractivity contribution < 1.29 is 14.3 Å². The van der Waals surface area contributed by atoms with Gasteiger partial charge in [-0.2, -0.15) is 0 Å². The molecule has 68 valence electrons. The first-order valence-electron chi connectivity index (χ1n) is 3.84. The molecule has 0 aromatic heterocycles. The minimum atomic E-state index is -0.386. The molecule has 12 heavy (non-hydrogen) atoms. The Morgan fingerprint density at radius 3 is 3.00 bits per heavy atom. The van der Waals surface area contributed by atoms with Crippen LogP contribution in [0, 0.1) is 0 Å². The predicted molar refractivity (Wildman–Crippen MR) is 41.4 cm³/mol. The van der Waals surface area contributed by atoms with E-state index in [2.05, 4.69) is 15.4 Å². The molecule has 5 heteroatoms. The number of carbonyl (C=O) groups is 2. The fraction of sp³-hybridized carbons (Fsp3) is 0.714. The molecular formula is C7H12N2O3. The van der Waals surface area contributed by atoms with Crippen molar-refractivity contribution in [1.82, 2.24) is 10.6 Å². The number of rotatable bonds is 2. The van der Waals surface area contributed by atoms with Gasteiger partial charge < -0.3 is 15.4 Å². The van der Waals surface area contributed by atoms with E-state index in [0.717, 1.165) is 6.54 Å². The predicted octanol–water partition coefficient (Wildman–Crippen LogP) is -1.36. The summed E-state index contributed by atoms with van der Waals surface area (Å²) in [4.78, 5) is 21.5. The highest BCUT2D eigenvalue weighted by molar-refractivity contribution is 5.82. The minimum absolute atomic E-state index is 0.109. The van der Waals surface area contributed by atoms with Gasteiger partial charge in [0.05, 0.1) is 0 Å². The Labute approximate surface area is 70.5 Å². The molecule has 0 unspecified atom stereocenters. The monoisotopic (exact) mass is 172 g/mol. The van der Waals surface area contributed by atoms with Gasteiger partial charge >= 0.3 is 5.97 Å². The van der Waals surface area contributed by atoms with Crippen LogP contribution in [0.25, 0.3) is 0 Å². The van der Waals surface area contributed by atoms with Gasteiger partial charge in [0.15, 0.2) is 0 Å². The summed E-state index contributed by atoms with van der Waals surface area (Å²) in [5.74, 6) is -0.474. The summed E-state index contributed by atoms with van der Waals surface area (Å²) in [5, 5.41) is 5.60. The summed E-state index contributed by atoms with van der Waals surface area (Å²) >= 11 is 0. The lowest BCUT2D eigenvalue weighted by atomic mass is 10.2. The smallest absolute Gasteiger partial charge is 0.302 e. The van der Waals surface area contributed by atoms with Crippen LogP contribution in [0.15, 0.2) is 0 Å². The van der Waals surface area contributed by atoms with Crippen molar-refractivity contribution in [3.05, 3.63) is 0 Å². The molecule has 1 fully saturated rings. The van der Waals surface area contributed by atoms with E-state index in [-0.39, 0.29) is 24.5 Å². The number of nitrogens with one attached hydrogen (secondary N) is 2. The van der Waals surface area contributed by atoms with Gasteiger partial charge in [0.25, 0.3) is 0 Å². The lowest BCUT2D eigenvalue weighted by Crippen LogP contribution is -2.54. The van der Waals surface area contributed by atoms with E-state index in [9.17, 15) is 9.59 Å². The van der Waals surface area contributed by atoms with Crippen molar-refractivity contribution in [3.8, 4) is 0 Å². The van der Waals surface area contributed by atoms with E-state index in [4.69, 9.17) is 0 Å². The summed E-state index contributed by atoms with van der Waals surface area (Å²) in [6.07, 6.45) is 0. The van der Waals surface area contributed by atoms with Gasteiger partial charge in [-0.1, -0.05) is 0 Å². The first kappa shape index (κ1) is 8.99. The number of amides is 1. The zero-order chi connectivity index (χ0) is 8.97. The van der Waals surface area contributed by atoms with Crippen LogP contribution in [0.3, 0.4) is 0 Å². The second-order valence-electron chi connectivity index (χ2n) is 2.60. The summed E-state index contributed by atoms with van der Waals surface area (Å²) < 4.78 is 4.69. The third kappa shape index (κ3) is 2.50. The topological polar surface area (TPSA) is 67.4 Å². The quantitative estimate of drug-likeness (QED) is 0.505. The van der Waals surface area contributed by atoms with E-state index >= 15 is 0 Å².